The van der Waals surface area contributed by atoms with E-state index < -0.39 is 0 Å². The third-order valence-electron chi connectivity index (χ3n) is 3.65. The third-order valence-corrected chi connectivity index (χ3v) is 4.18. The van der Waals surface area contributed by atoms with Crippen LogP contribution in [-0.2, 0) is 4.79 Å². The van der Waals surface area contributed by atoms with Crippen LogP contribution < -0.4 is 15.4 Å². The Bertz CT molecular complexity index is 542. The Kier molecular flexibility index (Phi) is 7.88. The maximum absolute atomic E-state index is 12.0. The number of rotatable bonds is 7. The Morgan fingerprint density at radius 3 is 2.62 bits per heavy atom. The monoisotopic (exact) mass is 396 g/mol. The highest BCUT2D eigenvalue weighted by atomic mass is 79.9. The maximum Gasteiger partial charge on any atom is 0.244 e. The van der Waals surface area contributed by atoms with E-state index in [4.69, 9.17) is 4.74 Å². The van der Waals surface area contributed by atoms with Gasteiger partial charge in [-0.05, 0) is 44.0 Å². The van der Waals surface area contributed by atoms with Gasteiger partial charge in [0.25, 0.3) is 0 Å². The van der Waals surface area contributed by atoms with Crippen molar-refractivity contribution < 1.29 is 9.53 Å². The molecule has 1 aromatic rings. The minimum absolute atomic E-state index is 0.0933. The van der Waals surface area contributed by atoms with E-state index in [2.05, 4.69) is 31.6 Å². The summed E-state index contributed by atoms with van der Waals surface area (Å²) in [6, 6.07) is 7.71. The molecular formula is C17H25BrN4O2. The van der Waals surface area contributed by atoms with Crippen LogP contribution in [0.4, 0.5) is 0 Å². The summed E-state index contributed by atoms with van der Waals surface area (Å²) in [5.74, 6) is 1.56. The average Bonchev–Trinajstić information content (AvgIpc) is 3.12. The number of halogens is 1. The molecule has 0 atom stereocenters. The van der Waals surface area contributed by atoms with E-state index in [1.807, 2.05) is 36.1 Å². The van der Waals surface area contributed by atoms with Gasteiger partial charge in [0.15, 0.2) is 5.96 Å². The summed E-state index contributed by atoms with van der Waals surface area (Å²) in [5, 5.41) is 6.32. The van der Waals surface area contributed by atoms with Crippen molar-refractivity contribution >= 4 is 27.8 Å². The van der Waals surface area contributed by atoms with Gasteiger partial charge in [0.1, 0.15) is 18.9 Å². The molecule has 1 saturated heterocycles. The van der Waals surface area contributed by atoms with E-state index in [0.717, 1.165) is 42.7 Å². The van der Waals surface area contributed by atoms with E-state index in [-0.39, 0.29) is 12.5 Å². The fraction of sp³-hybridized carbons (Fsp3) is 0.529. The number of aliphatic imine (C=N–C) groups is 1. The van der Waals surface area contributed by atoms with Gasteiger partial charge < -0.3 is 20.3 Å². The van der Waals surface area contributed by atoms with Gasteiger partial charge >= 0.3 is 0 Å². The number of nitrogens with one attached hydrogen (secondary N) is 2. The molecule has 0 bridgehead atoms. The number of guanidine groups is 1. The Labute approximate surface area is 151 Å². The normalized spacial score (nSPS) is 14.6. The number of ether oxygens (including phenoxy) is 1. The van der Waals surface area contributed by atoms with Crippen LogP contribution in [0.1, 0.15) is 19.8 Å². The van der Waals surface area contributed by atoms with E-state index in [0.29, 0.717) is 19.1 Å². The maximum atomic E-state index is 12.0. The first kappa shape index (κ1) is 18.6. The van der Waals surface area contributed by atoms with Gasteiger partial charge in [0, 0.05) is 24.1 Å². The predicted octanol–water partition coefficient (Wildman–Crippen LogP) is 2.01. The lowest BCUT2D eigenvalue weighted by Gasteiger charge is -2.15. The second-order valence-corrected chi connectivity index (χ2v) is 6.43. The topological polar surface area (TPSA) is 66.0 Å². The first-order valence-electron chi connectivity index (χ1n) is 8.37. The number of carbonyl (C=O) groups excluding carboxylic acids is 1. The van der Waals surface area contributed by atoms with Gasteiger partial charge in [-0.3, -0.25) is 4.79 Å². The highest BCUT2D eigenvalue weighted by Gasteiger charge is 2.17. The van der Waals surface area contributed by atoms with Crippen molar-refractivity contribution in [2.45, 2.75) is 19.8 Å². The smallest absolute Gasteiger partial charge is 0.244 e. The zero-order valence-corrected chi connectivity index (χ0v) is 15.6. The quantitative estimate of drug-likeness (QED) is 0.420. The molecule has 1 amide bonds. The molecule has 132 valence electrons. The number of carbonyl (C=O) groups is 1. The molecule has 0 radical (unpaired) electrons. The molecule has 1 aliphatic rings. The molecule has 24 heavy (non-hydrogen) atoms. The largest absolute Gasteiger partial charge is 0.492 e. The summed E-state index contributed by atoms with van der Waals surface area (Å²) < 4.78 is 6.68. The molecule has 7 heteroatoms. The van der Waals surface area contributed by atoms with Crippen molar-refractivity contribution in [1.29, 1.82) is 0 Å². The molecule has 0 unspecified atom stereocenters. The fourth-order valence-electron chi connectivity index (χ4n) is 2.42. The van der Waals surface area contributed by atoms with Crippen molar-refractivity contribution in [3.05, 3.63) is 28.7 Å². The summed E-state index contributed by atoms with van der Waals surface area (Å²) in [6.07, 6.45) is 2.20. The van der Waals surface area contributed by atoms with Crippen LogP contribution in [0.25, 0.3) is 0 Å². The average molecular weight is 397 g/mol. The summed E-state index contributed by atoms with van der Waals surface area (Å²) in [6.45, 7) is 5.78. The van der Waals surface area contributed by atoms with E-state index in [1.165, 1.54) is 0 Å². The third kappa shape index (κ3) is 6.39. The minimum atomic E-state index is 0.0933. The van der Waals surface area contributed by atoms with Crippen LogP contribution >= 0.6 is 15.9 Å². The van der Waals surface area contributed by atoms with Crippen molar-refractivity contribution in [3.63, 3.8) is 0 Å². The standard InChI is InChI=1S/C17H25BrN4O2/c1-2-19-17(21-13-16(23)22-10-3-4-11-22)20-9-12-24-15-7-5-14(18)6-8-15/h5-8H,2-4,9-13H2,1H3,(H2,19,20,21). The van der Waals surface area contributed by atoms with Crippen LogP contribution in [0.2, 0.25) is 0 Å². The van der Waals surface area contributed by atoms with Crippen LogP contribution in [0.15, 0.2) is 33.7 Å². The highest BCUT2D eigenvalue weighted by Crippen LogP contribution is 2.15. The number of amides is 1. The van der Waals surface area contributed by atoms with Gasteiger partial charge in [-0.1, -0.05) is 15.9 Å². The van der Waals surface area contributed by atoms with Crippen molar-refractivity contribution in [2.75, 3.05) is 39.3 Å². The molecule has 0 aliphatic carbocycles. The summed E-state index contributed by atoms with van der Waals surface area (Å²) >= 11 is 3.39. The number of hydrogen-bond acceptors (Lipinski definition) is 3. The van der Waals surface area contributed by atoms with Crippen LogP contribution in [0.5, 0.6) is 5.75 Å². The van der Waals surface area contributed by atoms with E-state index in [9.17, 15) is 4.79 Å². The van der Waals surface area contributed by atoms with E-state index in [1.54, 1.807) is 0 Å². The zero-order valence-electron chi connectivity index (χ0n) is 14.1. The van der Waals surface area contributed by atoms with Crippen LogP contribution in [-0.4, -0.2) is 56.1 Å². The molecule has 1 heterocycles. The van der Waals surface area contributed by atoms with Gasteiger partial charge in [0.2, 0.25) is 5.91 Å². The Hall–Kier alpha value is -1.76. The molecule has 2 rings (SSSR count). The lowest BCUT2D eigenvalue weighted by Crippen LogP contribution is -2.40. The van der Waals surface area contributed by atoms with Crippen molar-refractivity contribution in [3.8, 4) is 5.75 Å². The number of hydrogen-bond donors (Lipinski definition) is 2. The molecule has 1 aromatic carbocycles. The molecule has 0 aromatic heterocycles. The molecule has 1 fully saturated rings. The Morgan fingerprint density at radius 2 is 1.96 bits per heavy atom. The minimum Gasteiger partial charge on any atom is -0.492 e. The first-order chi connectivity index (χ1) is 11.7. The molecule has 0 spiro atoms. The van der Waals surface area contributed by atoms with Gasteiger partial charge in [0.05, 0.1) is 6.54 Å². The highest BCUT2D eigenvalue weighted by molar-refractivity contribution is 9.10. The number of benzene rings is 1. The summed E-state index contributed by atoms with van der Waals surface area (Å²) in [4.78, 5) is 18.3. The summed E-state index contributed by atoms with van der Waals surface area (Å²) in [7, 11) is 0. The molecule has 6 nitrogen and oxygen atoms in total. The Morgan fingerprint density at radius 1 is 1.25 bits per heavy atom. The zero-order chi connectivity index (χ0) is 17.2. The molecule has 2 N–H and O–H groups in total. The Balaban J connectivity index is 1.72. The van der Waals surface area contributed by atoms with Gasteiger partial charge in [-0.15, -0.1) is 0 Å². The predicted molar refractivity (Wildman–Crippen MR) is 99.4 cm³/mol. The van der Waals surface area contributed by atoms with Crippen LogP contribution in [0, 0.1) is 0 Å². The van der Waals surface area contributed by atoms with Crippen molar-refractivity contribution in [2.24, 2.45) is 4.99 Å². The SMILES string of the molecule is CCNC(=NCC(=O)N1CCCC1)NCCOc1ccc(Br)cc1. The molecule has 0 saturated carbocycles. The van der Waals surface area contributed by atoms with Crippen molar-refractivity contribution in [1.82, 2.24) is 15.5 Å². The number of likely N-dealkylation sites (tertiary alicyclic amines) is 1. The lowest BCUT2D eigenvalue weighted by molar-refractivity contribution is -0.128. The molecular weight excluding hydrogens is 372 g/mol. The lowest BCUT2D eigenvalue weighted by atomic mass is 10.3. The van der Waals surface area contributed by atoms with Gasteiger partial charge in [-0.25, -0.2) is 4.99 Å². The van der Waals surface area contributed by atoms with E-state index >= 15 is 0 Å². The molecule has 1 aliphatic heterocycles. The number of nitrogens with zero attached hydrogens (tertiary/aromatic N) is 2. The fourth-order valence-corrected chi connectivity index (χ4v) is 2.69. The second-order valence-electron chi connectivity index (χ2n) is 5.51. The first-order valence-corrected chi connectivity index (χ1v) is 9.16. The van der Waals surface area contributed by atoms with Crippen LogP contribution in [0.3, 0.4) is 0 Å². The van der Waals surface area contributed by atoms with Gasteiger partial charge in [-0.2, -0.15) is 0 Å². The summed E-state index contributed by atoms with van der Waals surface area (Å²) in [5.41, 5.74) is 0. The second kappa shape index (κ2) is 10.2.